The number of hydrogen-bond acceptors (Lipinski definition) is 0. The van der Waals surface area contributed by atoms with Crippen molar-refractivity contribution in [3.63, 3.8) is 0 Å². The molecule has 0 spiro atoms. The van der Waals surface area contributed by atoms with Gasteiger partial charge in [-0.25, -0.2) is 0 Å². The van der Waals surface area contributed by atoms with Crippen molar-refractivity contribution in [3.8, 4) is 0 Å². The van der Waals surface area contributed by atoms with Crippen molar-refractivity contribution in [1.29, 1.82) is 0 Å². The average Bonchev–Trinajstić information content (AvgIpc) is 2.98. The van der Waals surface area contributed by atoms with E-state index in [2.05, 4.69) is 61.9 Å². The molecule has 0 fully saturated rings. The predicted octanol–water partition coefficient (Wildman–Crippen LogP) is 4.75. The summed E-state index contributed by atoms with van der Waals surface area (Å²) in [6.45, 7) is 4.79. The van der Waals surface area contributed by atoms with Gasteiger partial charge in [0.2, 0.25) is 0 Å². The Bertz CT molecular complexity index is 552. The Morgan fingerprint density at radius 1 is 1.22 bits per heavy atom. The molecule has 1 aromatic carbocycles. The van der Waals surface area contributed by atoms with E-state index in [4.69, 9.17) is 0 Å². The van der Waals surface area contributed by atoms with Crippen LogP contribution in [0.25, 0.3) is 6.08 Å². The predicted molar refractivity (Wildman–Crippen MR) is 77.8 cm³/mol. The average molecular weight is 288 g/mol. The molecule has 0 saturated heterocycles. The van der Waals surface area contributed by atoms with Gasteiger partial charge in [-0.3, -0.25) is 0 Å². The van der Waals surface area contributed by atoms with Crippen LogP contribution < -0.4 is 0 Å². The van der Waals surface area contributed by atoms with Crippen molar-refractivity contribution >= 4 is 14.0 Å². The molecule has 0 heterocycles. The topological polar surface area (TPSA) is 0 Å². The van der Waals surface area contributed by atoms with E-state index in [1.54, 1.807) is 14.8 Å². The van der Waals surface area contributed by atoms with E-state index in [0.29, 0.717) is 0 Å². The molecule has 2 heteroatoms. The van der Waals surface area contributed by atoms with Gasteiger partial charge >= 0.3 is 120 Å². The van der Waals surface area contributed by atoms with E-state index >= 15 is 0 Å². The standard InChI is InChI=1S/C11H12P.C5H5.Ti/c1-12(2)11-7-9-5-3-4-6-10(9)8-11;1-2-4-5-3-1;/h3-8H,1-2H3;1-3H,4H2;. The van der Waals surface area contributed by atoms with Crippen LogP contribution in [0.3, 0.4) is 0 Å². The second-order valence-electron chi connectivity index (χ2n) is 4.99. The van der Waals surface area contributed by atoms with Crippen LogP contribution in [-0.4, -0.2) is 13.3 Å². The van der Waals surface area contributed by atoms with E-state index in [0.717, 1.165) is 4.22 Å². The van der Waals surface area contributed by atoms with Crippen LogP contribution in [0.15, 0.2) is 51.7 Å². The summed E-state index contributed by atoms with van der Waals surface area (Å²) in [4.78, 5) is 0. The van der Waals surface area contributed by atoms with Crippen molar-refractivity contribution in [1.82, 2.24) is 0 Å². The Labute approximate surface area is 120 Å². The van der Waals surface area contributed by atoms with Crippen LogP contribution in [0, 0.1) is 0 Å². The Kier molecular flexibility index (Phi) is 3.71. The molecule has 2 aliphatic rings. The van der Waals surface area contributed by atoms with E-state index in [9.17, 15) is 0 Å². The molecule has 2 aliphatic carbocycles. The number of rotatable bonds is 3. The van der Waals surface area contributed by atoms with Gasteiger partial charge in [-0.15, -0.1) is 0 Å². The van der Waals surface area contributed by atoms with Crippen LogP contribution in [-0.2, 0) is 19.2 Å². The molecule has 0 bridgehead atoms. The zero-order valence-electron chi connectivity index (χ0n) is 10.9. The third-order valence-corrected chi connectivity index (χ3v) is 7.90. The molecule has 1 aromatic rings. The van der Waals surface area contributed by atoms with Gasteiger partial charge < -0.3 is 0 Å². The summed E-state index contributed by atoms with van der Waals surface area (Å²) in [5.74, 6) is 0. The minimum absolute atomic E-state index is 0.0373. The first-order valence-corrected chi connectivity index (χ1v) is 10.3. The number of benzene rings is 1. The first-order valence-electron chi connectivity index (χ1n) is 6.36. The molecule has 0 N–H and O–H groups in total. The van der Waals surface area contributed by atoms with Crippen LogP contribution in [0.2, 0.25) is 0 Å². The molecule has 90 valence electrons. The summed E-state index contributed by atoms with van der Waals surface area (Å²) in [5.41, 5.74) is 3.07. The Hall–Kier alpha value is -0.416. The quantitative estimate of drug-likeness (QED) is 0.556. The van der Waals surface area contributed by atoms with E-state index in [1.807, 2.05) is 0 Å². The maximum atomic E-state index is 2.47. The van der Waals surface area contributed by atoms with Crippen molar-refractivity contribution < 1.29 is 19.2 Å². The van der Waals surface area contributed by atoms with Crippen molar-refractivity contribution in [2.75, 3.05) is 13.3 Å². The molecule has 0 aliphatic heterocycles. The van der Waals surface area contributed by atoms with Crippen molar-refractivity contribution in [3.05, 3.63) is 62.8 Å². The van der Waals surface area contributed by atoms with E-state index in [1.165, 1.54) is 12.0 Å². The zero-order valence-corrected chi connectivity index (χ0v) is 13.3. The summed E-state index contributed by atoms with van der Waals surface area (Å²) in [7, 11) is 0.0373. The third kappa shape index (κ3) is 2.35. The molecule has 0 aromatic heterocycles. The molecular weight excluding hydrogens is 271 g/mol. The van der Waals surface area contributed by atoms with Gasteiger partial charge in [0, 0.05) is 0 Å². The van der Waals surface area contributed by atoms with Gasteiger partial charge in [-0.1, -0.05) is 0 Å². The summed E-state index contributed by atoms with van der Waals surface area (Å²) in [6.07, 6.45) is 10.6. The van der Waals surface area contributed by atoms with E-state index in [-0.39, 0.29) is 27.1 Å². The third-order valence-electron chi connectivity index (χ3n) is 3.52. The second-order valence-corrected chi connectivity index (χ2v) is 9.65. The number of fused-ring (bicyclic) bond motifs is 1. The van der Waals surface area contributed by atoms with Gasteiger partial charge in [0.1, 0.15) is 0 Å². The molecule has 0 saturated carbocycles. The van der Waals surface area contributed by atoms with Gasteiger partial charge in [0.05, 0.1) is 0 Å². The Morgan fingerprint density at radius 2 is 2.06 bits per heavy atom. The van der Waals surface area contributed by atoms with Crippen LogP contribution in [0.4, 0.5) is 0 Å². The van der Waals surface area contributed by atoms with Crippen LogP contribution >= 0.6 is 7.92 Å². The molecule has 3 rings (SSSR count). The van der Waals surface area contributed by atoms with Gasteiger partial charge in [-0.05, 0) is 0 Å². The van der Waals surface area contributed by atoms with Crippen LogP contribution in [0.1, 0.15) is 21.8 Å². The minimum atomic E-state index is -0.0489. The molecule has 1 atom stereocenters. The van der Waals surface area contributed by atoms with E-state index < -0.39 is 0 Å². The zero-order chi connectivity index (χ0) is 12.5. The molecule has 0 nitrogen and oxygen atoms in total. The molecule has 18 heavy (non-hydrogen) atoms. The van der Waals surface area contributed by atoms with Crippen LogP contribution in [0.5, 0.6) is 0 Å². The fourth-order valence-electron chi connectivity index (χ4n) is 2.59. The summed E-state index contributed by atoms with van der Waals surface area (Å²) in [5, 5.41) is 1.72. The van der Waals surface area contributed by atoms with Gasteiger partial charge in [0.15, 0.2) is 0 Å². The maximum absolute atomic E-state index is 2.47. The molecule has 0 amide bonds. The van der Waals surface area contributed by atoms with Gasteiger partial charge in [0.25, 0.3) is 0 Å². The second kappa shape index (κ2) is 5.29. The van der Waals surface area contributed by atoms with Crippen molar-refractivity contribution in [2.45, 2.75) is 10.6 Å². The fraction of sp³-hybridized carbons (Fsp3) is 0.250. The molecule has 0 radical (unpaired) electrons. The monoisotopic (exact) mass is 288 g/mol. The van der Waals surface area contributed by atoms with Gasteiger partial charge in [-0.2, -0.15) is 0 Å². The Morgan fingerprint density at radius 3 is 2.78 bits per heavy atom. The SMILES string of the molecule is CP(C)C1=Cc2ccccc2[CH]1[Ti][C]1=CC=CC1. The molecule has 1 unspecified atom stereocenters. The first-order chi connectivity index (χ1) is 8.75. The summed E-state index contributed by atoms with van der Waals surface area (Å²) in [6, 6.07) is 8.99. The van der Waals surface area contributed by atoms with Crippen molar-refractivity contribution in [2.24, 2.45) is 0 Å². The normalized spacial score (nSPS) is 20.9. The number of hydrogen-bond donors (Lipinski definition) is 0. The summed E-state index contributed by atoms with van der Waals surface area (Å²) >= 11 is -0.0489. The fourth-order valence-corrected chi connectivity index (χ4v) is 7.38. The summed E-state index contributed by atoms with van der Waals surface area (Å²) < 4.78 is 2.47. The first kappa shape index (κ1) is 12.6. The molecular formula is C16H17PTi. The Balaban J connectivity index is 1.92. The number of allylic oxidation sites excluding steroid dienone is 5.